The topological polar surface area (TPSA) is 18.5 Å². The Labute approximate surface area is 216 Å². The lowest BCUT2D eigenvalue weighted by Gasteiger charge is -2.06. The van der Waals surface area contributed by atoms with Crippen molar-refractivity contribution < 1.29 is 9.47 Å². The summed E-state index contributed by atoms with van der Waals surface area (Å²) in [7, 11) is 0. The first kappa shape index (κ1) is 33.9. The van der Waals surface area contributed by atoms with Crippen LogP contribution in [0.4, 0.5) is 0 Å². The first-order chi connectivity index (χ1) is 16.9. The Morgan fingerprint density at radius 3 is 1.06 bits per heavy atom. The molecule has 0 saturated heterocycles. The third-order valence-electron chi connectivity index (χ3n) is 6.99. The molecule has 0 atom stereocenters. The zero-order chi connectivity index (χ0) is 24.6. The molecule has 0 spiro atoms. The molecule has 0 saturated carbocycles. The van der Waals surface area contributed by atoms with Gasteiger partial charge in [-0.3, -0.25) is 0 Å². The Morgan fingerprint density at radius 2 is 0.676 bits per heavy atom. The third kappa shape index (κ3) is 31.9. The highest BCUT2D eigenvalue weighted by Crippen LogP contribution is 2.13. The van der Waals surface area contributed by atoms with E-state index >= 15 is 0 Å². The zero-order valence-corrected chi connectivity index (χ0v) is 23.9. The largest absolute Gasteiger partial charge is 0.381 e. The molecule has 0 heterocycles. The Kier molecular flexibility index (Phi) is 32.8. The molecule has 34 heavy (non-hydrogen) atoms. The van der Waals surface area contributed by atoms with E-state index in [1.807, 2.05) is 0 Å². The SMILES string of the molecule is CCCCCCCCCCCCCCOC[CH]CCOCCCCCCCCCCCCCC. The van der Waals surface area contributed by atoms with Crippen LogP contribution in [0.25, 0.3) is 0 Å². The Balaban J connectivity index is 2.99. The van der Waals surface area contributed by atoms with Crippen molar-refractivity contribution in [2.45, 2.75) is 174 Å². The van der Waals surface area contributed by atoms with Gasteiger partial charge in [0.2, 0.25) is 0 Å². The minimum Gasteiger partial charge on any atom is -0.381 e. The first-order valence-corrected chi connectivity index (χ1v) is 15.9. The molecule has 0 aliphatic heterocycles. The van der Waals surface area contributed by atoms with Gasteiger partial charge in [0, 0.05) is 26.4 Å². The molecule has 0 fully saturated rings. The van der Waals surface area contributed by atoms with Crippen molar-refractivity contribution in [3.63, 3.8) is 0 Å². The van der Waals surface area contributed by atoms with Gasteiger partial charge >= 0.3 is 0 Å². The minimum atomic E-state index is 0.792. The van der Waals surface area contributed by atoms with Gasteiger partial charge in [-0.2, -0.15) is 0 Å². The molecule has 1 radical (unpaired) electrons. The van der Waals surface area contributed by atoms with Crippen LogP contribution in [-0.2, 0) is 9.47 Å². The van der Waals surface area contributed by atoms with E-state index in [0.29, 0.717) is 0 Å². The van der Waals surface area contributed by atoms with Gasteiger partial charge in [-0.15, -0.1) is 0 Å². The van der Waals surface area contributed by atoms with Crippen LogP contribution in [0.1, 0.15) is 174 Å². The molecule has 0 aliphatic rings. The van der Waals surface area contributed by atoms with Crippen LogP contribution in [0.5, 0.6) is 0 Å². The quantitative estimate of drug-likeness (QED) is 0.0916. The molecule has 0 aromatic heterocycles. The number of rotatable bonds is 31. The summed E-state index contributed by atoms with van der Waals surface area (Å²) in [6.45, 7) is 8.10. The van der Waals surface area contributed by atoms with Crippen molar-refractivity contribution in [1.82, 2.24) is 0 Å². The maximum Gasteiger partial charge on any atom is 0.0498 e. The van der Waals surface area contributed by atoms with E-state index in [9.17, 15) is 0 Å². The lowest BCUT2D eigenvalue weighted by molar-refractivity contribution is 0.118. The van der Waals surface area contributed by atoms with E-state index < -0.39 is 0 Å². The summed E-state index contributed by atoms with van der Waals surface area (Å²) < 4.78 is 11.5. The summed E-state index contributed by atoms with van der Waals surface area (Å²) >= 11 is 0. The molecule has 0 unspecified atom stereocenters. The number of unbranched alkanes of at least 4 members (excludes halogenated alkanes) is 23. The van der Waals surface area contributed by atoms with Gasteiger partial charge in [0.15, 0.2) is 0 Å². The van der Waals surface area contributed by atoms with Gasteiger partial charge in [-0.25, -0.2) is 0 Å². The summed E-state index contributed by atoms with van der Waals surface area (Å²) in [5, 5.41) is 0. The average Bonchev–Trinajstić information content (AvgIpc) is 2.85. The van der Waals surface area contributed by atoms with Crippen molar-refractivity contribution in [2.24, 2.45) is 0 Å². The molecule has 0 N–H and O–H groups in total. The number of hydrogen-bond acceptors (Lipinski definition) is 2. The van der Waals surface area contributed by atoms with Crippen molar-refractivity contribution in [3.05, 3.63) is 6.42 Å². The van der Waals surface area contributed by atoms with Crippen LogP contribution >= 0.6 is 0 Å². The summed E-state index contributed by atoms with van der Waals surface area (Å²) in [6.07, 6.45) is 36.9. The van der Waals surface area contributed by atoms with Gasteiger partial charge in [-0.05, 0) is 25.7 Å². The van der Waals surface area contributed by atoms with Crippen molar-refractivity contribution in [3.8, 4) is 0 Å². The van der Waals surface area contributed by atoms with Crippen LogP contribution in [0.3, 0.4) is 0 Å². The molecule has 0 aromatic carbocycles. The Hall–Kier alpha value is -0.0800. The predicted molar refractivity (Wildman–Crippen MR) is 153 cm³/mol. The van der Waals surface area contributed by atoms with Gasteiger partial charge < -0.3 is 9.47 Å². The maximum atomic E-state index is 5.76. The van der Waals surface area contributed by atoms with E-state index in [-0.39, 0.29) is 0 Å². The normalized spacial score (nSPS) is 11.5. The predicted octanol–water partition coefficient (Wildman–Crippen LogP) is 11.0. The van der Waals surface area contributed by atoms with Crippen LogP contribution < -0.4 is 0 Å². The van der Waals surface area contributed by atoms with E-state index in [1.54, 1.807) is 0 Å². The molecule has 0 aliphatic carbocycles. The summed E-state index contributed by atoms with van der Waals surface area (Å²) in [5.74, 6) is 0. The highest BCUT2D eigenvalue weighted by atomic mass is 16.5. The molecule has 0 bridgehead atoms. The second-order valence-electron chi connectivity index (χ2n) is 10.5. The molecular formula is C32H65O2. The number of ether oxygens (including phenoxy) is 2. The van der Waals surface area contributed by atoms with E-state index in [2.05, 4.69) is 20.3 Å². The fraction of sp³-hybridized carbons (Fsp3) is 0.969. The summed E-state index contributed by atoms with van der Waals surface area (Å²) in [6, 6.07) is 0. The third-order valence-corrected chi connectivity index (χ3v) is 6.99. The van der Waals surface area contributed by atoms with Gasteiger partial charge in [0.25, 0.3) is 0 Å². The second-order valence-corrected chi connectivity index (χ2v) is 10.5. The smallest absolute Gasteiger partial charge is 0.0498 e. The van der Waals surface area contributed by atoms with E-state index in [0.717, 1.165) is 32.8 Å². The average molecular weight is 482 g/mol. The Morgan fingerprint density at radius 1 is 0.353 bits per heavy atom. The van der Waals surface area contributed by atoms with Crippen LogP contribution in [-0.4, -0.2) is 26.4 Å². The van der Waals surface area contributed by atoms with Gasteiger partial charge in [0.05, 0.1) is 0 Å². The molecule has 2 nitrogen and oxygen atoms in total. The number of hydrogen-bond donors (Lipinski definition) is 0. The molecule has 205 valence electrons. The Bertz CT molecular complexity index is 299. The van der Waals surface area contributed by atoms with Crippen LogP contribution in [0.15, 0.2) is 0 Å². The fourth-order valence-corrected chi connectivity index (χ4v) is 4.61. The van der Waals surface area contributed by atoms with Gasteiger partial charge in [0.1, 0.15) is 0 Å². The van der Waals surface area contributed by atoms with Crippen molar-refractivity contribution in [1.29, 1.82) is 0 Å². The van der Waals surface area contributed by atoms with Crippen LogP contribution in [0.2, 0.25) is 0 Å². The minimum absolute atomic E-state index is 0.792. The van der Waals surface area contributed by atoms with Gasteiger partial charge in [-0.1, -0.05) is 155 Å². The molecule has 0 aromatic rings. The highest BCUT2D eigenvalue weighted by molar-refractivity contribution is 4.62. The lowest BCUT2D eigenvalue weighted by Crippen LogP contribution is -2.02. The van der Waals surface area contributed by atoms with E-state index in [4.69, 9.17) is 9.47 Å². The summed E-state index contributed by atoms with van der Waals surface area (Å²) in [5.41, 5.74) is 0. The molecule has 0 amide bonds. The van der Waals surface area contributed by atoms with E-state index in [1.165, 1.54) is 154 Å². The first-order valence-electron chi connectivity index (χ1n) is 15.9. The highest BCUT2D eigenvalue weighted by Gasteiger charge is 1.96. The van der Waals surface area contributed by atoms with Crippen LogP contribution in [0, 0.1) is 6.42 Å². The molecule has 2 heteroatoms. The lowest BCUT2D eigenvalue weighted by atomic mass is 10.1. The fourth-order valence-electron chi connectivity index (χ4n) is 4.61. The molecule has 0 rings (SSSR count). The summed E-state index contributed by atoms with van der Waals surface area (Å²) in [4.78, 5) is 0. The molecular weight excluding hydrogens is 416 g/mol. The zero-order valence-electron chi connectivity index (χ0n) is 23.9. The monoisotopic (exact) mass is 481 g/mol. The van der Waals surface area contributed by atoms with Crippen molar-refractivity contribution >= 4 is 0 Å². The second kappa shape index (κ2) is 32.9. The standard InChI is InChI=1S/C32H65O2/c1-3-5-7-9-11-13-15-17-19-21-23-25-29-33-31-27-28-32-34-30-26-24-22-20-18-16-14-12-10-8-6-4-2/h27H,3-26,28-32H2,1-2H3. The van der Waals surface area contributed by atoms with Crippen molar-refractivity contribution in [2.75, 3.05) is 26.4 Å². The maximum absolute atomic E-state index is 5.76.